The number of nitrogens with zero attached hydrogens (tertiary/aromatic N) is 2. The standard InChI is InChI=1S/C12H21N3O2/c1-15(7-8-17-2)6-5-13-9-11-3-4-12(16)10-14-11/h3-4,10,13,16H,5-9H2,1-2H3. The Hall–Kier alpha value is -1.17. The van der Waals surface area contributed by atoms with Crippen LogP contribution in [0.1, 0.15) is 5.69 Å². The second kappa shape index (κ2) is 8.00. The van der Waals surface area contributed by atoms with Crippen molar-refractivity contribution in [2.75, 3.05) is 40.4 Å². The molecule has 1 aromatic heterocycles. The number of ether oxygens (including phenoxy) is 1. The Morgan fingerprint density at radius 2 is 2.24 bits per heavy atom. The molecule has 0 unspecified atom stereocenters. The van der Waals surface area contributed by atoms with Crippen LogP contribution in [0, 0.1) is 0 Å². The zero-order valence-electron chi connectivity index (χ0n) is 10.5. The summed E-state index contributed by atoms with van der Waals surface area (Å²) in [6.45, 7) is 4.30. The van der Waals surface area contributed by atoms with Gasteiger partial charge in [0.15, 0.2) is 0 Å². The van der Waals surface area contributed by atoms with Gasteiger partial charge < -0.3 is 20.1 Å². The van der Waals surface area contributed by atoms with Crippen molar-refractivity contribution in [2.24, 2.45) is 0 Å². The zero-order chi connectivity index (χ0) is 12.5. The van der Waals surface area contributed by atoms with Crippen LogP contribution < -0.4 is 5.32 Å². The summed E-state index contributed by atoms with van der Waals surface area (Å²) in [5, 5.41) is 12.4. The van der Waals surface area contributed by atoms with Gasteiger partial charge in [-0.1, -0.05) is 0 Å². The first-order valence-electron chi connectivity index (χ1n) is 5.74. The fraction of sp³-hybridized carbons (Fsp3) is 0.583. The first-order valence-corrected chi connectivity index (χ1v) is 5.74. The highest BCUT2D eigenvalue weighted by molar-refractivity contribution is 5.17. The van der Waals surface area contributed by atoms with E-state index in [0.29, 0.717) is 0 Å². The van der Waals surface area contributed by atoms with E-state index >= 15 is 0 Å². The molecule has 0 bridgehead atoms. The molecule has 1 rings (SSSR count). The minimum atomic E-state index is 0.202. The van der Waals surface area contributed by atoms with Gasteiger partial charge in [-0.2, -0.15) is 0 Å². The average molecular weight is 239 g/mol. The Kier molecular flexibility index (Phi) is 6.54. The molecule has 0 saturated heterocycles. The van der Waals surface area contributed by atoms with Gasteiger partial charge in [0.25, 0.3) is 0 Å². The van der Waals surface area contributed by atoms with Gasteiger partial charge in [0.1, 0.15) is 5.75 Å². The predicted molar refractivity (Wildman–Crippen MR) is 67.0 cm³/mol. The molecule has 0 spiro atoms. The van der Waals surface area contributed by atoms with Crippen LogP contribution in [0.25, 0.3) is 0 Å². The fourth-order valence-electron chi connectivity index (χ4n) is 1.37. The summed E-state index contributed by atoms with van der Waals surface area (Å²) >= 11 is 0. The van der Waals surface area contributed by atoms with Crippen molar-refractivity contribution < 1.29 is 9.84 Å². The van der Waals surface area contributed by atoms with E-state index in [1.54, 1.807) is 13.2 Å². The minimum absolute atomic E-state index is 0.202. The van der Waals surface area contributed by atoms with E-state index in [4.69, 9.17) is 9.84 Å². The third kappa shape index (κ3) is 6.21. The molecule has 1 aromatic rings. The molecule has 0 aliphatic heterocycles. The normalized spacial score (nSPS) is 11.0. The van der Waals surface area contributed by atoms with Gasteiger partial charge in [-0.3, -0.25) is 4.98 Å². The second-order valence-corrected chi connectivity index (χ2v) is 3.98. The van der Waals surface area contributed by atoms with E-state index in [-0.39, 0.29) is 5.75 Å². The van der Waals surface area contributed by atoms with Gasteiger partial charge in [0.05, 0.1) is 18.5 Å². The smallest absolute Gasteiger partial charge is 0.133 e. The second-order valence-electron chi connectivity index (χ2n) is 3.98. The van der Waals surface area contributed by atoms with Crippen LogP contribution >= 0.6 is 0 Å². The monoisotopic (exact) mass is 239 g/mol. The van der Waals surface area contributed by atoms with Gasteiger partial charge in [-0.25, -0.2) is 0 Å². The molecule has 0 aromatic carbocycles. The van der Waals surface area contributed by atoms with Crippen molar-refractivity contribution in [3.05, 3.63) is 24.0 Å². The number of pyridine rings is 1. The van der Waals surface area contributed by atoms with E-state index < -0.39 is 0 Å². The van der Waals surface area contributed by atoms with Gasteiger partial charge >= 0.3 is 0 Å². The van der Waals surface area contributed by atoms with Crippen LogP contribution in [-0.2, 0) is 11.3 Å². The number of hydrogen-bond acceptors (Lipinski definition) is 5. The lowest BCUT2D eigenvalue weighted by atomic mass is 10.3. The van der Waals surface area contributed by atoms with Crippen LogP contribution in [0.2, 0.25) is 0 Å². The van der Waals surface area contributed by atoms with Crippen molar-refractivity contribution in [1.82, 2.24) is 15.2 Å². The van der Waals surface area contributed by atoms with Crippen molar-refractivity contribution in [1.29, 1.82) is 0 Å². The summed E-state index contributed by atoms with van der Waals surface area (Å²) in [4.78, 5) is 6.31. The van der Waals surface area contributed by atoms with E-state index in [1.807, 2.05) is 6.07 Å². The van der Waals surface area contributed by atoms with E-state index in [2.05, 4.69) is 22.2 Å². The largest absolute Gasteiger partial charge is 0.506 e. The molecule has 5 nitrogen and oxygen atoms in total. The van der Waals surface area contributed by atoms with E-state index in [0.717, 1.165) is 38.5 Å². The first-order chi connectivity index (χ1) is 8.22. The van der Waals surface area contributed by atoms with Gasteiger partial charge in [0.2, 0.25) is 0 Å². The number of hydrogen-bond donors (Lipinski definition) is 2. The summed E-state index contributed by atoms with van der Waals surface area (Å²) in [6, 6.07) is 3.46. The Labute approximate surface area is 102 Å². The van der Waals surface area contributed by atoms with Crippen molar-refractivity contribution >= 4 is 0 Å². The summed E-state index contributed by atoms with van der Waals surface area (Å²) in [7, 11) is 3.78. The van der Waals surface area contributed by atoms with Crippen molar-refractivity contribution in [3.8, 4) is 5.75 Å². The van der Waals surface area contributed by atoms with Gasteiger partial charge in [-0.15, -0.1) is 0 Å². The molecule has 0 amide bonds. The summed E-state index contributed by atoms with van der Waals surface area (Å²) in [5.41, 5.74) is 0.933. The summed E-state index contributed by atoms with van der Waals surface area (Å²) < 4.78 is 5.00. The Bertz CT molecular complexity index is 303. The summed E-state index contributed by atoms with van der Waals surface area (Å²) in [6.07, 6.45) is 1.46. The lowest BCUT2D eigenvalue weighted by Gasteiger charge is -2.16. The molecule has 0 fully saturated rings. The summed E-state index contributed by atoms with van der Waals surface area (Å²) in [5.74, 6) is 0.202. The van der Waals surface area contributed by atoms with E-state index in [9.17, 15) is 0 Å². The lowest BCUT2D eigenvalue weighted by molar-refractivity contribution is 0.161. The predicted octanol–water partition coefficient (Wildman–Crippen LogP) is 0.455. The fourth-order valence-corrected chi connectivity index (χ4v) is 1.37. The third-order valence-electron chi connectivity index (χ3n) is 2.46. The first kappa shape index (κ1) is 13.9. The average Bonchev–Trinajstić information content (AvgIpc) is 2.34. The van der Waals surface area contributed by atoms with Gasteiger partial charge in [0, 0.05) is 33.3 Å². The Morgan fingerprint density at radius 3 is 2.88 bits per heavy atom. The lowest BCUT2D eigenvalue weighted by Crippen LogP contribution is -2.31. The molecule has 96 valence electrons. The maximum atomic E-state index is 9.08. The number of aromatic hydroxyl groups is 1. The van der Waals surface area contributed by atoms with Crippen LogP contribution in [0.3, 0.4) is 0 Å². The Morgan fingerprint density at radius 1 is 1.41 bits per heavy atom. The molecule has 0 aliphatic carbocycles. The quantitative estimate of drug-likeness (QED) is 0.645. The van der Waals surface area contributed by atoms with Crippen LogP contribution in [-0.4, -0.2) is 55.4 Å². The molecule has 1 heterocycles. The molecule has 0 radical (unpaired) electrons. The number of methoxy groups -OCH3 is 1. The molecule has 5 heteroatoms. The Balaban J connectivity index is 2.09. The molecular formula is C12H21N3O2. The highest BCUT2D eigenvalue weighted by atomic mass is 16.5. The third-order valence-corrected chi connectivity index (χ3v) is 2.46. The van der Waals surface area contributed by atoms with Crippen LogP contribution in [0.5, 0.6) is 5.75 Å². The maximum Gasteiger partial charge on any atom is 0.133 e. The molecular weight excluding hydrogens is 218 g/mol. The number of likely N-dealkylation sites (N-methyl/N-ethyl adjacent to an activating group) is 1. The van der Waals surface area contributed by atoms with Crippen LogP contribution in [0.15, 0.2) is 18.3 Å². The zero-order valence-corrected chi connectivity index (χ0v) is 10.5. The highest BCUT2D eigenvalue weighted by Crippen LogP contribution is 2.05. The SMILES string of the molecule is COCCN(C)CCNCc1ccc(O)cn1. The number of aromatic nitrogens is 1. The van der Waals surface area contributed by atoms with Gasteiger partial charge in [-0.05, 0) is 19.2 Å². The molecule has 0 aliphatic rings. The molecule has 2 N–H and O–H groups in total. The van der Waals surface area contributed by atoms with Crippen molar-refractivity contribution in [3.63, 3.8) is 0 Å². The number of nitrogens with one attached hydrogen (secondary N) is 1. The maximum absolute atomic E-state index is 9.08. The number of rotatable bonds is 8. The molecule has 0 saturated carbocycles. The van der Waals surface area contributed by atoms with Crippen LogP contribution in [0.4, 0.5) is 0 Å². The minimum Gasteiger partial charge on any atom is -0.506 e. The van der Waals surface area contributed by atoms with E-state index in [1.165, 1.54) is 6.20 Å². The molecule has 0 atom stereocenters. The highest BCUT2D eigenvalue weighted by Gasteiger charge is 1.98. The van der Waals surface area contributed by atoms with Crippen molar-refractivity contribution in [2.45, 2.75) is 6.54 Å². The topological polar surface area (TPSA) is 57.6 Å². The molecule has 17 heavy (non-hydrogen) atoms.